The van der Waals surface area contributed by atoms with Crippen LogP contribution in [0.25, 0.3) is 10.9 Å². The fourth-order valence-corrected chi connectivity index (χ4v) is 2.45. The van der Waals surface area contributed by atoms with E-state index in [1.165, 1.54) is 0 Å². The van der Waals surface area contributed by atoms with Gasteiger partial charge in [0.05, 0.1) is 5.52 Å². The third-order valence-corrected chi connectivity index (χ3v) is 3.54. The lowest BCUT2D eigenvalue weighted by Crippen LogP contribution is -1.99. The van der Waals surface area contributed by atoms with Gasteiger partial charge in [-0.3, -0.25) is 4.98 Å². The van der Waals surface area contributed by atoms with Crippen molar-refractivity contribution in [3.05, 3.63) is 64.8 Å². The average molecular weight is 329 g/mol. The topological polar surface area (TPSA) is 48.1 Å². The van der Waals surface area contributed by atoms with Crippen molar-refractivity contribution in [1.82, 2.24) is 4.98 Å². The van der Waals surface area contributed by atoms with Gasteiger partial charge in [0.1, 0.15) is 11.5 Å². The van der Waals surface area contributed by atoms with E-state index in [-0.39, 0.29) is 0 Å². The van der Waals surface area contributed by atoms with Crippen LogP contribution >= 0.6 is 15.9 Å². The van der Waals surface area contributed by atoms with Gasteiger partial charge in [0, 0.05) is 34.2 Å². The summed E-state index contributed by atoms with van der Waals surface area (Å²) in [6.45, 7) is 0.431. The third kappa shape index (κ3) is 2.66. The van der Waals surface area contributed by atoms with Crippen molar-refractivity contribution >= 4 is 26.8 Å². The quantitative estimate of drug-likeness (QED) is 0.781. The second kappa shape index (κ2) is 5.61. The van der Waals surface area contributed by atoms with Crippen LogP contribution in [0, 0.1) is 0 Å². The van der Waals surface area contributed by atoms with Crippen LogP contribution in [0.3, 0.4) is 0 Å². The van der Waals surface area contributed by atoms with E-state index in [0.717, 1.165) is 32.4 Å². The Labute approximate surface area is 125 Å². The van der Waals surface area contributed by atoms with Crippen LogP contribution in [0.2, 0.25) is 0 Å². The van der Waals surface area contributed by atoms with Crippen LogP contribution in [0.1, 0.15) is 5.56 Å². The number of hydrogen-bond donors (Lipinski definition) is 1. The van der Waals surface area contributed by atoms with Crippen molar-refractivity contribution < 1.29 is 4.74 Å². The highest BCUT2D eigenvalue weighted by atomic mass is 79.9. The molecular formula is C16H13BrN2O. The molecule has 0 atom stereocenters. The summed E-state index contributed by atoms with van der Waals surface area (Å²) in [6, 6.07) is 15.6. The van der Waals surface area contributed by atoms with Crippen LogP contribution in [0.15, 0.2) is 59.2 Å². The number of halogens is 1. The number of pyridine rings is 1. The molecular weight excluding hydrogens is 316 g/mol. The molecule has 3 nitrogen and oxygen atoms in total. The van der Waals surface area contributed by atoms with Gasteiger partial charge in [-0.05, 0) is 36.4 Å². The molecule has 0 bridgehead atoms. The van der Waals surface area contributed by atoms with Crippen LogP contribution in [0.5, 0.6) is 11.5 Å². The van der Waals surface area contributed by atoms with Gasteiger partial charge in [-0.15, -0.1) is 0 Å². The largest absolute Gasteiger partial charge is 0.457 e. The van der Waals surface area contributed by atoms with Crippen molar-refractivity contribution in [2.75, 3.05) is 0 Å². The number of aromatic nitrogens is 1. The molecule has 0 aliphatic rings. The molecule has 0 unspecified atom stereocenters. The first-order valence-electron chi connectivity index (χ1n) is 6.27. The summed E-state index contributed by atoms with van der Waals surface area (Å²) in [7, 11) is 0. The molecule has 3 aromatic rings. The second-order valence-electron chi connectivity index (χ2n) is 4.42. The summed E-state index contributed by atoms with van der Waals surface area (Å²) in [5.41, 5.74) is 7.62. The van der Waals surface area contributed by atoms with E-state index < -0.39 is 0 Å². The minimum Gasteiger partial charge on any atom is -0.457 e. The van der Waals surface area contributed by atoms with Gasteiger partial charge in [0.15, 0.2) is 0 Å². The second-order valence-corrected chi connectivity index (χ2v) is 5.33. The molecule has 0 radical (unpaired) electrons. The molecule has 0 amide bonds. The molecule has 2 aromatic carbocycles. The van der Waals surface area contributed by atoms with Crippen molar-refractivity contribution in [3.8, 4) is 11.5 Å². The summed E-state index contributed by atoms with van der Waals surface area (Å²) < 4.78 is 6.91. The zero-order valence-electron chi connectivity index (χ0n) is 10.7. The fraction of sp³-hybridized carbons (Fsp3) is 0.0625. The maximum absolute atomic E-state index is 5.92. The van der Waals surface area contributed by atoms with Crippen LogP contribution in [0.4, 0.5) is 0 Å². The first-order valence-corrected chi connectivity index (χ1v) is 7.07. The molecule has 3 rings (SSSR count). The molecule has 0 fully saturated rings. The number of nitrogens with two attached hydrogens (primary N) is 1. The Morgan fingerprint density at radius 1 is 1.10 bits per heavy atom. The Morgan fingerprint density at radius 3 is 2.85 bits per heavy atom. The number of ether oxygens (including phenoxy) is 1. The summed E-state index contributed by atoms with van der Waals surface area (Å²) in [5, 5.41) is 1.09. The number of benzene rings is 2. The predicted molar refractivity (Wildman–Crippen MR) is 83.9 cm³/mol. The van der Waals surface area contributed by atoms with Crippen molar-refractivity contribution in [1.29, 1.82) is 0 Å². The van der Waals surface area contributed by atoms with Gasteiger partial charge >= 0.3 is 0 Å². The van der Waals surface area contributed by atoms with Gasteiger partial charge in [0.25, 0.3) is 0 Å². The summed E-state index contributed by atoms with van der Waals surface area (Å²) in [5.74, 6) is 1.53. The third-order valence-electron chi connectivity index (χ3n) is 3.05. The molecule has 2 N–H and O–H groups in total. The Hall–Kier alpha value is -1.91. The van der Waals surface area contributed by atoms with E-state index >= 15 is 0 Å². The molecule has 0 spiro atoms. The Bertz CT molecular complexity index is 758. The zero-order valence-corrected chi connectivity index (χ0v) is 12.3. The van der Waals surface area contributed by atoms with Crippen LogP contribution in [-0.2, 0) is 6.54 Å². The fourth-order valence-electron chi connectivity index (χ4n) is 2.04. The minimum atomic E-state index is 0.431. The Morgan fingerprint density at radius 2 is 2.00 bits per heavy atom. The smallest absolute Gasteiger partial charge is 0.131 e. The van der Waals surface area contributed by atoms with E-state index in [0.29, 0.717) is 6.54 Å². The maximum Gasteiger partial charge on any atom is 0.131 e. The van der Waals surface area contributed by atoms with Crippen LogP contribution in [-0.4, -0.2) is 4.98 Å². The Kier molecular flexibility index (Phi) is 3.67. The number of fused-ring (bicyclic) bond motifs is 1. The van der Waals surface area contributed by atoms with Crippen LogP contribution < -0.4 is 10.5 Å². The molecule has 0 saturated heterocycles. The zero-order chi connectivity index (χ0) is 13.9. The molecule has 0 aliphatic heterocycles. The number of rotatable bonds is 3. The van der Waals surface area contributed by atoms with Gasteiger partial charge in [0.2, 0.25) is 0 Å². The van der Waals surface area contributed by atoms with Gasteiger partial charge in [-0.25, -0.2) is 0 Å². The van der Waals surface area contributed by atoms with E-state index in [1.807, 2.05) is 48.5 Å². The molecule has 0 saturated carbocycles. The lowest BCUT2D eigenvalue weighted by atomic mass is 10.2. The highest BCUT2D eigenvalue weighted by molar-refractivity contribution is 9.10. The highest BCUT2D eigenvalue weighted by Gasteiger charge is 2.05. The average Bonchev–Trinajstić information content (AvgIpc) is 2.49. The molecule has 1 aromatic heterocycles. The normalized spacial score (nSPS) is 10.7. The van der Waals surface area contributed by atoms with E-state index in [4.69, 9.17) is 10.5 Å². The molecule has 20 heavy (non-hydrogen) atoms. The predicted octanol–water partition coefficient (Wildman–Crippen LogP) is 4.25. The molecule has 4 heteroatoms. The highest BCUT2D eigenvalue weighted by Crippen LogP contribution is 2.29. The first-order chi connectivity index (χ1) is 9.76. The molecule has 0 aliphatic carbocycles. The minimum absolute atomic E-state index is 0.431. The lowest BCUT2D eigenvalue weighted by molar-refractivity contribution is 0.477. The number of hydrogen-bond acceptors (Lipinski definition) is 3. The SMILES string of the molecule is NCc1cc(Br)ccc1Oc1ccc2cccnc2c1. The van der Waals surface area contributed by atoms with Gasteiger partial charge in [-0.2, -0.15) is 0 Å². The molecule has 100 valence electrons. The molecule has 1 heterocycles. The van der Waals surface area contributed by atoms with Crippen molar-refractivity contribution in [3.63, 3.8) is 0 Å². The van der Waals surface area contributed by atoms with Crippen molar-refractivity contribution in [2.24, 2.45) is 5.73 Å². The van der Waals surface area contributed by atoms with Gasteiger partial charge in [-0.1, -0.05) is 22.0 Å². The lowest BCUT2D eigenvalue weighted by Gasteiger charge is -2.11. The van der Waals surface area contributed by atoms with E-state index in [1.54, 1.807) is 6.20 Å². The first kappa shape index (κ1) is 13.1. The summed E-state index contributed by atoms with van der Waals surface area (Å²) in [4.78, 5) is 4.33. The van der Waals surface area contributed by atoms with Gasteiger partial charge < -0.3 is 10.5 Å². The standard InChI is InChI=1S/C16H13BrN2O/c17-13-4-6-16(12(8-13)10-18)20-14-5-3-11-2-1-7-19-15(11)9-14/h1-9H,10,18H2. The Balaban J connectivity index is 1.96. The number of nitrogens with zero attached hydrogens (tertiary/aromatic N) is 1. The monoisotopic (exact) mass is 328 g/mol. The summed E-state index contributed by atoms with van der Waals surface area (Å²) >= 11 is 3.43. The maximum atomic E-state index is 5.92. The summed E-state index contributed by atoms with van der Waals surface area (Å²) in [6.07, 6.45) is 1.77. The van der Waals surface area contributed by atoms with E-state index in [2.05, 4.69) is 20.9 Å². The van der Waals surface area contributed by atoms with Crippen molar-refractivity contribution in [2.45, 2.75) is 6.54 Å². The van der Waals surface area contributed by atoms with E-state index in [9.17, 15) is 0 Å².